The zero-order valence-corrected chi connectivity index (χ0v) is 17.8. The monoisotopic (exact) mass is 432 g/mol. The van der Waals surface area contributed by atoms with Gasteiger partial charge in [0.15, 0.2) is 0 Å². The minimum atomic E-state index is -0.302. The highest BCUT2D eigenvalue weighted by atomic mass is 35.5. The summed E-state index contributed by atoms with van der Waals surface area (Å²) < 4.78 is 5.50. The summed E-state index contributed by atoms with van der Waals surface area (Å²) in [6, 6.07) is 11.6. The lowest BCUT2D eigenvalue weighted by atomic mass is 10.0. The SMILES string of the molecule is O=C1CC(C(=O)N(CCc2cccs2)C2CCOCC2)CN1c1ccc(Cl)cc1. The smallest absolute Gasteiger partial charge is 0.228 e. The number of hydrogen-bond acceptors (Lipinski definition) is 4. The van der Waals surface area contributed by atoms with Crippen LogP contribution in [-0.4, -0.2) is 49.1 Å². The van der Waals surface area contributed by atoms with E-state index in [1.807, 2.05) is 23.1 Å². The Morgan fingerprint density at radius 1 is 1.21 bits per heavy atom. The lowest BCUT2D eigenvalue weighted by Gasteiger charge is -2.36. The molecule has 29 heavy (non-hydrogen) atoms. The average molecular weight is 433 g/mol. The molecule has 2 aliphatic heterocycles. The van der Waals surface area contributed by atoms with Crippen LogP contribution in [0.5, 0.6) is 0 Å². The van der Waals surface area contributed by atoms with Crippen molar-refractivity contribution in [3.05, 3.63) is 51.7 Å². The zero-order chi connectivity index (χ0) is 20.2. The molecule has 0 spiro atoms. The molecule has 154 valence electrons. The van der Waals surface area contributed by atoms with Crippen molar-refractivity contribution in [2.45, 2.75) is 31.7 Å². The second kappa shape index (κ2) is 9.28. The minimum Gasteiger partial charge on any atom is -0.381 e. The molecule has 3 heterocycles. The molecule has 1 aromatic heterocycles. The third kappa shape index (κ3) is 4.82. The van der Waals surface area contributed by atoms with Gasteiger partial charge < -0.3 is 14.5 Å². The van der Waals surface area contributed by atoms with Gasteiger partial charge in [0.05, 0.1) is 5.92 Å². The molecule has 7 heteroatoms. The topological polar surface area (TPSA) is 49.9 Å². The molecule has 2 fully saturated rings. The first-order chi connectivity index (χ1) is 14.1. The maximum absolute atomic E-state index is 13.5. The van der Waals surface area contributed by atoms with Gasteiger partial charge in [-0.05, 0) is 55.0 Å². The number of nitrogens with zero attached hydrogens (tertiary/aromatic N) is 2. The fraction of sp³-hybridized carbons (Fsp3) is 0.455. The predicted molar refractivity (Wildman–Crippen MR) is 115 cm³/mol. The standard InChI is InChI=1S/C22H25ClN2O3S/c23-17-3-5-18(6-4-17)25-15-16(14-21(25)26)22(27)24(19-8-11-28-12-9-19)10-7-20-2-1-13-29-20/h1-6,13,16,19H,7-12,14-15H2. The Morgan fingerprint density at radius 2 is 1.97 bits per heavy atom. The number of rotatable bonds is 6. The van der Waals surface area contributed by atoms with Gasteiger partial charge >= 0.3 is 0 Å². The molecular weight excluding hydrogens is 408 g/mol. The van der Waals surface area contributed by atoms with Crippen molar-refractivity contribution in [3.8, 4) is 0 Å². The second-order valence-electron chi connectivity index (χ2n) is 7.59. The summed E-state index contributed by atoms with van der Waals surface area (Å²) in [5, 5.41) is 2.70. The highest BCUT2D eigenvalue weighted by Crippen LogP contribution is 2.29. The molecule has 5 nitrogen and oxygen atoms in total. The van der Waals surface area contributed by atoms with E-state index in [4.69, 9.17) is 16.3 Å². The number of carbonyl (C=O) groups is 2. The van der Waals surface area contributed by atoms with E-state index in [9.17, 15) is 9.59 Å². The lowest BCUT2D eigenvalue weighted by molar-refractivity contribution is -0.139. The molecular formula is C22H25ClN2O3S. The molecule has 1 unspecified atom stereocenters. The van der Waals surface area contributed by atoms with E-state index in [2.05, 4.69) is 11.4 Å². The van der Waals surface area contributed by atoms with Crippen molar-refractivity contribution in [1.82, 2.24) is 4.90 Å². The van der Waals surface area contributed by atoms with Crippen molar-refractivity contribution in [1.29, 1.82) is 0 Å². The molecule has 2 amide bonds. The molecule has 2 aliphatic rings. The van der Waals surface area contributed by atoms with E-state index in [0.29, 0.717) is 31.3 Å². The van der Waals surface area contributed by atoms with Crippen LogP contribution >= 0.6 is 22.9 Å². The maximum Gasteiger partial charge on any atom is 0.228 e. The molecule has 2 saturated heterocycles. The van der Waals surface area contributed by atoms with Crippen LogP contribution in [0.15, 0.2) is 41.8 Å². The summed E-state index contributed by atoms with van der Waals surface area (Å²) in [5.41, 5.74) is 0.797. The number of ether oxygens (including phenoxy) is 1. The molecule has 1 aromatic carbocycles. The lowest BCUT2D eigenvalue weighted by Crippen LogP contribution is -2.47. The highest BCUT2D eigenvalue weighted by Gasteiger charge is 2.39. The molecule has 0 aliphatic carbocycles. The van der Waals surface area contributed by atoms with E-state index in [-0.39, 0.29) is 30.2 Å². The predicted octanol–water partition coefficient (Wildman–Crippen LogP) is 4.00. The normalized spacial score (nSPS) is 20.2. The summed E-state index contributed by atoms with van der Waals surface area (Å²) >= 11 is 7.68. The van der Waals surface area contributed by atoms with Gasteiger partial charge in [-0.2, -0.15) is 0 Å². The van der Waals surface area contributed by atoms with Gasteiger partial charge in [0, 0.05) is 54.4 Å². The Morgan fingerprint density at radius 3 is 2.66 bits per heavy atom. The van der Waals surface area contributed by atoms with Gasteiger partial charge in [-0.15, -0.1) is 11.3 Å². The molecule has 4 rings (SSSR count). The van der Waals surface area contributed by atoms with Gasteiger partial charge in [-0.3, -0.25) is 9.59 Å². The van der Waals surface area contributed by atoms with Gasteiger partial charge in [0.1, 0.15) is 0 Å². The van der Waals surface area contributed by atoms with Crippen LogP contribution in [-0.2, 0) is 20.7 Å². The fourth-order valence-electron chi connectivity index (χ4n) is 4.13. The van der Waals surface area contributed by atoms with Crippen LogP contribution in [0.1, 0.15) is 24.1 Å². The van der Waals surface area contributed by atoms with E-state index < -0.39 is 0 Å². The number of benzene rings is 1. The number of hydrogen-bond donors (Lipinski definition) is 0. The Hall–Kier alpha value is -1.89. The van der Waals surface area contributed by atoms with Crippen LogP contribution in [0.2, 0.25) is 5.02 Å². The largest absolute Gasteiger partial charge is 0.381 e. The van der Waals surface area contributed by atoms with E-state index in [0.717, 1.165) is 24.9 Å². The van der Waals surface area contributed by atoms with Gasteiger partial charge in [-0.1, -0.05) is 17.7 Å². The average Bonchev–Trinajstić information content (AvgIpc) is 3.39. The number of amides is 2. The van der Waals surface area contributed by atoms with Crippen molar-refractivity contribution in [3.63, 3.8) is 0 Å². The molecule has 0 bridgehead atoms. The molecule has 0 saturated carbocycles. The summed E-state index contributed by atoms with van der Waals surface area (Å²) in [4.78, 5) is 31.1. The fourth-order valence-corrected chi connectivity index (χ4v) is 4.96. The Kier molecular flexibility index (Phi) is 6.53. The third-order valence-electron chi connectivity index (χ3n) is 5.71. The first kappa shape index (κ1) is 20.4. The van der Waals surface area contributed by atoms with Crippen molar-refractivity contribution in [2.24, 2.45) is 5.92 Å². The van der Waals surface area contributed by atoms with Gasteiger partial charge in [0.2, 0.25) is 11.8 Å². The van der Waals surface area contributed by atoms with E-state index >= 15 is 0 Å². The van der Waals surface area contributed by atoms with E-state index in [1.54, 1.807) is 28.4 Å². The number of thiophene rings is 1. The molecule has 2 aromatic rings. The highest BCUT2D eigenvalue weighted by molar-refractivity contribution is 7.09. The van der Waals surface area contributed by atoms with Crippen LogP contribution in [0.3, 0.4) is 0 Å². The Labute approximate surface area is 180 Å². The summed E-state index contributed by atoms with van der Waals surface area (Å²) in [6.07, 6.45) is 2.83. The number of halogens is 1. The van der Waals surface area contributed by atoms with Crippen LogP contribution < -0.4 is 4.90 Å². The first-order valence-corrected chi connectivity index (χ1v) is 11.3. The first-order valence-electron chi connectivity index (χ1n) is 10.1. The van der Waals surface area contributed by atoms with Gasteiger partial charge in [0.25, 0.3) is 0 Å². The molecule has 0 radical (unpaired) electrons. The maximum atomic E-state index is 13.5. The second-order valence-corrected chi connectivity index (χ2v) is 9.06. The van der Waals surface area contributed by atoms with Gasteiger partial charge in [-0.25, -0.2) is 0 Å². The number of anilines is 1. The summed E-state index contributed by atoms with van der Waals surface area (Å²) in [5.74, 6) is -0.210. The minimum absolute atomic E-state index is 0.00384. The molecule has 1 atom stereocenters. The van der Waals surface area contributed by atoms with Crippen molar-refractivity contribution >= 4 is 40.4 Å². The summed E-state index contributed by atoms with van der Waals surface area (Å²) in [6.45, 7) is 2.50. The third-order valence-corrected chi connectivity index (χ3v) is 6.89. The summed E-state index contributed by atoms with van der Waals surface area (Å²) in [7, 11) is 0. The molecule has 0 N–H and O–H groups in total. The number of carbonyl (C=O) groups excluding carboxylic acids is 2. The Balaban J connectivity index is 1.47. The van der Waals surface area contributed by atoms with Crippen LogP contribution in [0, 0.1) is 5.92 Å². The quantitative estimate of drug-likeness (QED) is 0.693. The van der Waals surface area contributed by atoms with E-state index in [1.165, 1.54) is 4.88 Å². The van der Waals surface area contributed by atoms with Crippen LogP contribution in [0.25, 0.3) is 0 Å². The van der Waals surface area contributed by atoms with Crippen molar-refractivity contribution in [2.75, 3.05) is 31.2 Å². The van der Waals surface area contributed by atoms with Crippen molar-refractivity contribution < 1.29 is 14.3 Å². The van der Waals surface area contributed by atoms with Crippen LogP contribution in [0.4, 0.5) is 5.69 Å². The Bertz CT molecular complexity index is 834. The zero-order valence-electron chi connectivity index (χ0n) is 16.3.